The van der Waals surface area contributed by atoms with Crippen molar-refractivity contribution in [3.8, 4) is 11.3 Å². The number of fused-ring (bicyclic) bond motifs is 1. The van der Waals surface area contributed by atoms with E-state index >= 15 is 0 Å². The molecule has 0 aliphatic rings. The molecule has 0 radical (unpaired) electrons. The highest BCUT2D eigenvalue weighted by Gasteiger charge is 2.30. The third kappa shape index (κ3) is 6.48. The summed E-state index contributed by atoms with van der Waals surface area (Å²) in [7, 11) is 1.21. The first-order valence-corrected chi connectivity index (χ1v) is 12.8. The van der Waals surface area contributed by atoms with Crippen LogP contribution in [0, 0.1) is 0 Å². The Morgan fingerprint density at radius 1 is 0.837 bits per heavy atom. The Labute approximate surface area is 242 Å². The van der Waals surface area contributed by atoms with Gasteiger partial charge in [0.05, 0.1) is 35.1 Å². The molecule has 1 atom stereocenters. The molecular formula is C31H22F3N5O4. The fourth-order valence-corrected chi connectivity index (χ4v) is 4.29. The standard InChI is InChI=1S/C31H22F3N5O4/c1-43-30(42)27(24-6-2-3-15-35-24)39-28(40)20-9-13-23-19(17-20)10-14-25(37-23)38-29(41)22-5-4-16-36-26(22)18-7-11-21(12-8-18)31(32,33)34/h2-17,27H,1H3,(H,39,40)(H,37,38,41)/t27-/m0/s1. The lowest BCUT2D eigenvalue weighted by Crippen LogP contribution is -2.35. The lowest BCUT2D eigenvalue weighted by molar-refractivity contribution is -0.143. The topological polar surface area (TPSA) is 123 Å². The molecule has 0 fully saturated rings. The first-order chi connectivity index (χ1) is 20.6. The summed E-state index contributed by atoms with van der Waals surface area (Å²) in [5.74, 6) is -1.57. The molecule has 12 heteroatoms. The number of hydrogen-bond acceptors (Lipinski definition) is 7. The minimum Gasteiger partial charge on any atom is -0.467 e. The van der Waals surface area contributed by atoms with E-state index in [1.165, 1.54) is 43.8 Å². The van der Waals surface area contributed by atoms with Gasteiger partial charge in [0.1, 0.15) is 5.82 Å². The van der Waals surface area contributed by atoms with E-state index in [0.717, 1.165) is 12.1 Å². The van der Waals surface area contributed by atoms with Gasteiger partial charge in [0.25, 0.3) is 11.8 Å². The number of ether oxygens (including phenoxy) is 1. The first kappa shape index (κ1) is 28.9. The molecule has 2 N–H and O–H groups in total. The van der Waals surface area contributed by atoms with E-state index in [0.29, 0.717) is 22.2 Å². The zero-order valence-corrected chi connectivity index (χ0v) is 22.4. The molecule has 43 heavy (non-hydrogen) atoms. The minimum atomic E-state index is -4.49. The summed E-state index contributed by atoms with van der Waals surface area (Å²) in [5, 5.41) is 5.91. The van der Waals surface area contributed by atoms with E-state index in [4.69, 9.17) is 4.74 Å². The number of methoxy groups -OCH3 is 1. The van der Waals surface area contributed by atoms with E-state index in [1.807, 2.05) is 0 Å². The van der Waals surface area contributed by atoms with Gasteiger partial charge >= 0.3 is 12.1 Å². The van der Waals surface area contributed by atoms with Gasteiger partial charge in [-0.25, -0.2) is 9.78 Å². The number of benzene rings is 2. The Kier molecular flexibility index (Phi) is 8.10. The van der Waals surface area contributed by atoms with E-state index in [1.54, 1.807) is 48.5 Å². The second kappa shape index (κ2) is 12.1. The second-order valence-electron chi connectivity index (χ2n) is 9.22. The quantitative estimate of drug-likeness (QED) is 0.238. The van der Waals surface area contributed by atoms with Gasteiger partial charge in [-0.15, -0.1) is 0 Å². The maximum absolute atomic E-state index is 13.1. The van der Waals surface area contributed by atoms with E-state index in [2.05, 4.69) is 25.6 Å². The van der Waals surface area contributed by atoms with Crippen LogP contribution >= 0.6 is 0 Å². The molecule has 3 aromatic heterocycles. The smallest absolute Gasteiger partial charge is 0.416 e. The normalized spacial score (nSPS) is 11.9. The third-order valence-electron chi connectivity index (χ3n) is 6.43. The van der Waals surface area contributed by atoms with Gasteiger partial charge in [0, 0.05) is 28.9 Å². The fourth-order valence-electron chi connectivity index (χ4n) is 4.29. The van der Waals surface area contributed by atoms with Crippen molar-refractivity contribution in [1.82, 2.24) is 20.3 Å². The lowest BCUT2D eigenvalue weighted by Gasteiger charge is -2.16. The van der Waals surface area contributed by atoms with Crippen LogP contribution in [-0.2, 0) is 15.7 Å². The monoisotopic (exact) mass is 585 g/mol. The molecular weight excluding hydrogens is 563 g/mol. The maximum Gasteiger partial charge on any atom is 0.416 e. The zero-order valence-electron chi connectivity index (χ0n) is 22.4. The van der Waals surface area contributed by atoms with Crippen molar-refractivity contribution in [2.45, 2.75) is 12.2 Å². The number of halogens is 3. The average Bonchev–Trinajstić information content (AvgIpc) is 3.03. The van der Waals surface area contributed by atoms with Crippen LogP contribution in [0.25, 0.3) is 22.2 Å². The van der Waals surface area contributed by atoms with Gasteiger partial charge in [0.2, 0.25) is 0 Å². The predicted octanol–water partition coefficient (Wildman–Crippen LogP) is 5.61. The number of nitrogens with zero attached hydrogens (tertiary/aromatic N) is 3. The van der Waals surface area contributed by atoms with E-state index < -0.39 is 35.6 Å². The van der Waals surface area contributed by atoms with Crippen LogP contribution in [0.5, 0.6) is 0 Å². The molecule has 2 aromatic carbocycles. The number of rotatable bonds is 7. The van der Waals surface area contributed by atoms with Gasteiger partial charge in [-0.1, -0.05) is 18.2 Å². The largest absolute Gasteiger partial charge is 0.467 e. The van der Waals surface area contributed by atoms with Crippen LogP contribution in [0.15, 0.2) is 97.3 Å². The molecule has 5 aromatic rings. The van der Waals surface area contributed by atoms with E-state index in [9.17, 15) is 27.6 Å². The highest BCUT2D eigenvalue weighted by atomic mass is 19.4. The highest BCUT2D eigenvalue weighted by molar-refractivity contribution is 6.08. The molecule has 0 spiro atoms. The number of alkyl halides is 3. The van der Waals surface area contributed by atoms with Crippen LogP contribution in [0.1, 0.15) is 38.0 Å². The number of amides is 2. The Morgan fingerprint density at radius 2 is 1.60 bits per heavy atom. The van der Waals surface area contributed by atoms with Crippen LogP contribution in [0.2, 0.25) is 0 Å². The van der Waals surface area contributed by atoms with Crippen LogP contribution < -0.4 is 10.6 Å². The molecule has 216 valence electrons. The predicted molar refractivity (Wildman–Crippen MR) is 151 cm³/mol. The Hall–Kier alpha value is -5.65. The molecule has 5 rings (SSSR count). The number of nitrogens with one attached hydrogen (secondary N) is 2. The Balaban J connectivity index is 1.34. The SMILES string of the molecule is COC(=O)[C@@H](NC(=O)c1ccc2nc(NC(=O)c3cccnc3-c3ccc(C(F)(F)F)cc3)ccc2c1)c1ccccn1. The van der Waals surface area contributed by atoms with Gasteiger partial charge in [-0.2, -0.15) is 13.2 Å². The van der Waals surface area contributed by atoms with Crippen molar-refractivity contribution >= 4 is 34.5 Å². The van der Waals surface area contributed by atoms with Crippen LogP contribution in [0.3, 0.4) is 0 Å². The summed E-state index contributed by atoms with van der Waals surface area (Å²) in [5.41, 5.74) is 0.931. The summed E-state index contributed by atoms with van der Waals surface area (Å²) in [4.78, 5) is 51.2. The third-order valence-corrected chi connectivity index (χ3v) is 6.43. The van der Waals surface area contributed by atoms with Gasteiger partial charge in [0.15, 0.2) is 6.04 Å². The molecule has 0 aliphatic heterocycles. The number of hydrogen-bond donors (Lipinski definition) is 2. The van der Waals surface area contributed by atoms with Crippen molar-refractivity contribution in [3.63, 3.8) is 0 Å². The van der Waals surface area contributed by atoms with Crippen molar-refractivity contribution in [2.24, 2.45) is 0 Å². The summed E-state index contributed by atoms with van der Waals surface area (Å²) in [6, 6.07) is 19.2. The van der Waals surface area contributed by atoms with Crippen LogP contribution in [0.4, 0.5) is 19.0 Å². The summed E-state index contributed by atoms with van der Waals surface area (Å²) >= 11 is 0. The molecule has 9 nitrogen and oxygen atoms in total. The molecule has 0 saturated carbocycles. The lowest BCUT2D eigenvalue weighted by atomic mass is 10.0. The summed E-state index contributed by atoms with van der Waals surface area (Å²) in [6.45, 7) is 0. The van der Waals surface area contributed by atoms with Gasteiger partial charge < -0.3 is 15.4 Å². The Bertz CT molecular complexity index is 1810. The highest BCUT2D eigenvalue weighted by Crippen LogP contribution is 2.31. The van der Waals surface area contributed by atoms with Gasteiger partial charge in [-0.05, 0) is 66.7 Å². The number of anilines is 1. The van der Waals surface area contributed by atoms with Gasteiger partial charge in [-0.3, -0.25) is 19.6 Å². The molecule has 2 amide bonds. The van der Waals surface area contributed by atoms with E-state index in [-0.39, 0.29) is 22.6 Å². The molecule has 0 unspecified atom stereocenters. The summed E-state index contributed by atoms with van der Waals surface area (Å²) < 4.78 is 43.7. The number of esters is 1. The van der Waals surface area contributed by atoms with Crippen molar-refractivity contribution in [1.29, 1.82) is 0 Å². The molecule has 3 heterocycles. The number of carbonyl (C=O) groups excluding carboxylic acids is 3. The van der Waals surface area contributed by atoms with Crippen molar-refractivity contribution < 1.29 is 32.3 Å². The number of pyridine rings is 3. The maximum atomic E-state index is 13.1. The molecule has 0 saturated heterocycles. The minimum absolute atomic E-state index is 0.143. The molecule has 0 aliphatic carbocycles. The zero-order chi connectivity index (χ0) is 30.6. The van der Waals surface area contributed by atoms with Crippen molar-refractivity contribution in [2.75, 3.05) is 12.4 Å². The number of carbonyl (C=O) groups is 3. The number of aromatic nitrogens is 3. The average molecular weight is 586 g/mol. The molecule has 0 bridgehead atoms. The van der Waals surface area contributed by atoms with Crippen LogP contribution in [-0.4, -0.2) is 39.8 Å². The first-order valence-electron chi connectivity index (χ1n) is 12.8. The Morgan fingerprint density at radius 3 is 2.30 bits per heavy atom. The van der Waals surface area contributed by atoms with Crippen molar-refractivity contribution in [3.05, 3.63) is 120 Å². The summed E-state index contributed by atoms with van der Waals surface area (Å²) in [6.07, 6.45) is -1.55. The fraction of sp³-hybridized carbons (Fsp3) is 0.0968. The second-order valence-corrected chi connectivity index (χ2v) is 9.22.